The van der Waals surface area contributed by atoms with Gasteiger partial charge < -0.3 is 14.5 Å². The van der Waals surface area contributed by atoms with Crippen molar-refractivity contribution in [1.82, 2.24) is 4.90 Å². The van der Waals surface area contributed by atoms with Crippen molar-refractivity contribution < 1.29 is 18.7 Å². The lowest BCUT2D eigenvalue weighted by atomic mass is 10.1. The number of halogens is 1. The summed E-state index contributed by atoms with van der Waals surface area (Å²) < 4.78 is 19.8. The van der Waals surface area contributed by atoms with Crippen LogP contribution in [-0.2, 0) is 16.1 Å². The van der Waals surface area contributed by atoms with Gasteiger partial charge in [0.25, 0.3) is 0 Å². The number of rotatable bonds is 6. The first-order valence-corrected chi connectivity index (χ1v) is 8.99. The van der Waals surface area contributed by atoms with Crippen molar-refractivity contribution in [1.29, 1.82) is 0 Å². The first-order chi connectivity index (χ1) is 13.0. The molecule has 1 amide bonds. The summed E-state index contributed by atoms with van der Waals surface area (Å²) in [5, 5.41) is 0. The Kier molecular flexibility index (Phi) is 6.19. The van der Waals surface area contributed by atoms with Crippen molar-refractivity contribution >= 4 is 17.4 Å². The van der Waals surface area contributed by atoms with E-state index < -0.39 is 5.82 Å². The summed E-state index contributed by atoms with van der Waals surface area (Å²) in [6, 6.07) is 14.2. The summed E-state index contributed by atoms with van der Waals surface area (Å²) >= 11 is 0. The second-order valence-corrected chi connectivity index (χ2v) is 6.57. The van der Waals surface area contributed by atoms with E-state index >= 15 is 0 Å². The third-order valence-electron chi connectivity index (χ3n) is 4.66. The molecule has 0 spiro atoms. The Bertz CT molecular complexity index is 802. The highest BCUT2D eigenvalue weighted by molar-refractivity contribution is 5.94. The molecule has 3 rings (SSSR count). The minimum absolute atomic E-state index is 0.0383. The maximum Gasteiger partial charge on any atom is 0.248 e. The number of hydrogen-bond acceptors (Lipinski definition) is 4. The number of amides is 1. The number of hydrogen-bond donors (Lipinski definition) is 0. The molecule has 0 aliphatic carbocycles. The highest BCUT2D eigenvalue weighted by Gasteiger charge is 2.23. The van der Waals surface area contributed by atoms with E-state index in [1.807, 2.05) is 35.2 Å². The largest absolute Gasteiger partial charge is 0.367 e. The molecule has 0 N–H and O–H groups in total. The van der Waals surface area contributed by atoms with E-state index in [1.54, 1.807) is 17.0 Å². The zero-order chi connectivity index (χ0) is 19.2. The van der Waals surface area contributed by atoms with Gasteiger partial charge in [0.15, 0.2) is 5.78 Å². The SMILES string of the molecule is CC(=O)c1ccc(N2CCN(C(=O)COCc3ccccc3)CC2)c(F)c1. The lowest BCUT2D eigenvalue weighted by Crippen LogP contribution is -2.50. The molecule has 0 atom stereocenters. The number of nitrogens with zero attached hydrogens (tertiary/aromatic N) is 2. The van der Waals surface area contributed by atoms with Crippen LogP contribution in [0.1, 0.15) is 22.8 Å². The van der Waals surface area contributed by atoms with Gasteiger partial charge in [-0.25, -0.2) is 4.39 Å². The fraction of sp³-hybridized carbons (Fsp3) is 0.333. The normalized spacial score (nSPS) is 14.3. The Balaban J connectivity index is 1.48. The van der Waals surface area contributed by atoms with E-state index in [1.165, 1.54) is 13.0 Å². The number of carbonyl (C=O) groups is 2. The maximum absolute atomic E-state index is 14.3. The Labute approximate surface area is 158 Å². The average Bonchev–Trinajstić information content (AvgIpc) is 2.69. The molecule has 1 aliphatic heterocycles. The molecule has 0 saturated carbocycles. The van der Waals surface area contributed by atoms with Gasteiger partial charge >= 0.3 is 0 Å². The van der Waals surface area contributed by atoms with Crippen LogP contribution in [0.5, 0.6) is 0 Å². The fourth-order valence-corrected chi connectivity index (χ4v) is 3.10. The lowest BCUT2D eigenvalue weighted by Gasteiger charge is -2.36. The van der Waals surface area contributed by atoms with E-state index in [9.17, 15) is 14.0 Å². The van der Waals surface area contributed by atoms with Crippen LogP contribution in [-0.4, -0.2) is 49.4 Å². The second-order valence-electron chi connectivity index (χ2n) is 6.57. The van der Waals surface area contributed by atoms with E-state index in [2.05, 4.69) is 0 Å². The summed E-state index contributed by atoms with van der Waals surface area (Å²) in [6.45, 7) is 3.97. The molecule has 1 saturated heterocycles. The standard InChI is InChI=1S/C21H23FN2O3/c1-16(25)18-7-8-20(19(22)13-18)23-9-11-24(12-10-23)21(26)15-27-14-17-5-3-2-4-6-17/h2-8,13H,9-12,14-15H2,1H3. The summed E-state index contributed by atoms with van der Waals surface area (Å²) in [6.07, 6.45) is 0. The molecule has 27 heavy (non-hydrogen) atoms. The topological polar surface area (TPSA) is 49.9 Å². The summed E-state index contributed by atoms with van der Waals surface area (Å²) in [5.41, 5.74) is 1.85. The van der Waals surface area contributed by atoms with Crippen LogP contribution in [0.2, 0.25) is 0 Å². The molecule has 0 aromatic heterocycles. The third-order valence-corrected chi connectivity index (χ3v) is 4.66. The molecule has 1 aliphatic rings. The van der Waals surface area contributed by atoms with Crippen LogP contribution in [0.3, 0.4) is 0 Å². The molecule has 0 radical (unpaired) electrons. The van der Waals surface area contributed by atoms with Crippen LogP contribution in [0, 0.1) is 5.82 Å². The van der Waals surface area contributed by atoms with Crippen LogP contribution < -0.4 is 4.90 Å². The molecule has 0 bridgehead atoms. The average molecular weight is 370 g/mol. The van der Waals surface area contributed by atoms with Crippen molar-refractivity contribution in [2.45, 2.75) is 13.5 Å². The second kappa shape index (κ2) is 8.77. The van der Waals surface area contributed by atoms with Crippen LogP contribution in [0.25, 0.3) is 0 Å². The van der Waals surface area contributed by atoms with Crippen LogP contribution in [0.4, 0.5) is 10.1 Å². The van der Waals surface area contributed by atoms with Gasteiger partial charge in [-0.05, 0) is 30.7 Å². The number of carbonyl (C=O) groups excluding carboxylic acids is 2. The third kappa shape index (κ3) is 4.92. The van der Waals surface area contributed by atoms with Crippen molar-refractivity contribution in [3.8, 4) is 0 Å². The molecule has 2 aromatic carbocycles. The quantitative estimate of drug-likeness (QED) is 0.734. The van der Waals surface area contributed by atoms with Gasteiger partial charge in [0.1, 0.15) is 12.4 Å². The van der Waals surface area contributed by atoms with Crippen LogP contribution >= 0.6 is 0 Å². The molecular weight excluding hydrogens is 347 g/mol. The molecule has 2 aromatic rings. The zero-order valence-electron chi connectivity index (χ0n) is 15.4. The highest BCUT2D eigenvalue weighted by Crippen LogP contribution is 2.22. The Morgan fingerprint density at radius 1 is 1.04 bits per heavy atom. The zero-order valence-corrected chi connectivity index (χ0v) is 15.4. The number of ketones is 1. The van der Waals surface area contributed by atoms with E-state index in [4.69, 9.17) is 4.74 Å². The summed E-state index contributed by atoms with van der Waals surface area (Å²) in [5.74, 6) is -0.627. The summed E-state index contributed by atoms with van der Waals surface area (Å²) in [4.78, 5) is 27.3. The van der Waals surface area contributed by atoms with Gasteiger partial charge in [-0.2, -0.15) is 0 Å². The van der Waals surface area contributed by atoms with E-state index in [-0.39, 0.29) is 18.3 Å². The Hall–Kier alpha value is -2.73. The predicted octanol–water partition coefficient (Wildman–Crippen LogP) is 2.89. The molecule has 142 valence electrons. The summed E-state index contributed by atoms with van der Waals surface area (Å²) in [7, 11) is 0. The van der Waals surface area contributed by atoms with Gasteiger partial charge in [0.05, 0.1) is 12.3 Å². The predicted molar refractivity (Wildman–Crippen MR) is 101 cm³/mol. The van der Waals surface area contributed by atoms with Gasteiger partial charge in [0.2, 0.25) is 5.91 Å². The minimum atomic E-state index is -0.409. The van der Waals surface area contributed by atoms with E-state index in [0.29, 0.717) is 44.0 Å². The van der Waals surface area contributed by atoms with Crippen LogP contribution in [0.15, 0.2) is 48.5 Å². The fourth-order valence-electron chi connectivity index (χ4n) is 3.10. The van der Waals surface area contributed by atoms with Gasteiger partial charge in [-0.3, -0.25) is 9.59 Å². The van der Waals surface area contributed by atoms with E-state index in [0.717, 1.165) is 5.56 Å². The van der Waals surface area contributed by atoms with Crippen molar-refractivity contribution in [3.05, 3.63) is 65.5 Å². The monoisotopic (exact) mass is 370 g/mol. The maximum atomic E-state index is 14.3. The molecule has 0 unspecified atom stereocenters. The number of ether oxygens (including phenoxy) is 1. The van der Waals surface area contributed by atoms with Gasteiger partial charge in [-0.15, -0.1) is 0 Å². The van der Waals surface area contributed by atoms with Crippen molar-refractivity contribution in [2.24, 2.45) is 0 Å². The molecule has 6 heteroatoms. The van der Waals surface area contributed by atoms with Crippen molar-refractivity contribution in [3.63, 3.8) is 0 Å². The molecular formula is C21H23FN2O3. The number of piperazine rings is 1. The van der Waals surface area contributed by atoms with Crippen molar-refractivity contribution in [2.75, 3.05) is 37.7 Å². The molecule has 1 fully saturated rings. The highest BCUT2D eigenvalue weighted by atomic mass is 19.1. The van der Waals surface area contributed by atoms with Gasteiger partial charge in [0, 0.05) is 31.7 Å². The lowest BCUT2D eigenvalue weighted by molar-refractivity contribution is -0.136. The smallest absolute Gasteiger partial charge is 0.248 e. The Morgan fingerprint density at radius 3 is 2.37 bits per heavy atom. The first-order valence-electron chi connectivity index (χ1n) is 8.99. The number of Topliss-reactive ketones (excluding diaryl/α,β-unsaturated/α-hetero) is 1. The number of benzene rings is 2. The number of anilines is 1. The molecule has 1 heterocycles. The minimum Gasteiger partial charge on any atom is -0.367 e. The van der Waals surface area contributed by atoms with Gasteiger partial charge in [-0.1, -0.05) is 30.3 Å². The first kappa shape index (κ1) is 19.0. The molecule has 5 nitrogen and oxygen atoms in total. The Morgan fingerprint density at radius 2 is 1.74 bits per heavy atom.